The summed E-state index contributed by atoms with van der Waals surface area (Å²) >= 11 is 0. The van der Waals surface area contributed by atoms with E-state index in [1.165, 1.54) is 12.8 Å². The van der Waals surface area contributed by atoms with E-state index in [0.29, 0.717) is 0 Å². The Kier molecular flexibility index (Phi) is 2.35. The highest BCUT2D eigenvalue weighted by Gasteiger charge is 2.13. The third-order valence-electron chi connectivity index (χ3n) is 2.44. The van der Waals surface area contributed by atoms with Crippen molar-refractivity contribution in [3.05, 3.63) is 24.0 Å². The minimum absolute atomic E-state index is 0.105. The smallest absolute Gasteiger partial charge is 0.354 e. The molecule has 0 spiro atoms. The van der Waals surface area contributed by atoms with Gasteiger partial charge in [-0.25, -0.2) is 9.78 Å². The van der Waals surface area contributed by atoms with Gasteiger partial charge in [0.2, 0.25) is 0 Å². The lowest BCUT2D eigenvalue weighted by Gasteiger charge is -2.16. The number of hydrogen-bond donors (Lipinski definition) is 1. The maximum atomic E-state index is 10.6. The molecule has 1 aliphatic rings. The summed E-state index contributed by atoms with van der Waals surface area (Å²) in [5.41, 5.74) is 1.13. The Morgan fingerprint density at radius 3 is 2.57 bits per heavy atom. The number of pyridine rings is 1. The Bertz CT molecular complexity index is 328. The van der Waals surface area contributed by atoms with E-state index in [0.717, 1.165) is 18.8 Å². The van der Waals surface area contributed by atoms with Crippen LogP contribution in [0.3, 0.4) is 0 Å². The number of aromatic nitrogens is 1. The second-order valence-corrected chi connectivity index (χ2v) is 3.40. The molecule has 2 rings (SSSR count). The van der Waals surface area contributed by atoms with E-state index in [-0.39, 0.29) is 5.69 Å². The van der Waals surface area contributed by atoms with Crippen molar-refractivity contribution in [2.45, 2.75) is 12.8 Å². The average molecular weight is 192 g/mol. The van der Waals surface area contributed by atoms with E-state index >= 15 is 0 Å². The first-order valence-electron chi connectivity index (χ1n) is 4.71. The second-order valence-electron chi connectivity index (χ2n) is 3.40. The van der Waals surface area contributed by atoms with Crippen LogP contribution in [-0.2, 0) is 0 Å². The van der Waals surface area contributed by atoms with Gasteiger partial charge in [0.1, 0.15) is 5.69 Å². The van der Waals surface area contributed by atoms with Gasteiger partial charge in [0, 0.05) is 13.1 Å². The van der Waals surface area contributed by atoms with E-state index < -0.39 is 5.97 Å². The highest BCUT2D eigenvalue weighted by atomic mass is 16.4. The number of hydrogen-bond acceptors (Lipinski definition) is 3. The van der Waals surface area contributed by atoms with Gasteiger partial charge in [-0.05, 0) is 25.0 Å². The van der Waals surface area contributed by atoms with Gasteiger partial charge < -0.3 is 10.0 Å². The van der Waals surface area contributed by atoms with Crippen molar-refractivity contribution in [3.63, 3.8) is 0 Å². The highest BCUT2D eigenvalue weighted by Crippen LogP contribution is 2.18. The number of carboxylic acids is 1. The fourth-order valence-corrected chi connectivity index (χ4v) is 1.67. The molecule has 0 bridgehead atoms. The van der Waals surface area contributed by atoms with Crippen molar-refractivity contribution in [2.75, 3.05) is 18.0 Å². The van der Waals surface area contributed by atoms with Gasteiger partial charge in [0.15, 0.2) is 0 Å². The van der Waals surface area contributed by atoms with Crippen molar-refractivity contribution < 1.29 is 9.90 Å². The number of anilines is 1. The van der Waals surface area contributed by atoms with Crippen molar-refractivity contribution in [1.82, 2.24) is 4.98 Å². The fourth-order valence-electron chi connectivity index (χ4n) is 1.67. The number of carbonyl (C=O) groups is 1. The molecule has 0 saturated carbocycles. The molecule has 4 heteroatoms. The molecule has 1 aromatic heterocycles. The van der Waals surface area contributed by atoms with E-state index in [1.807, 2.05) is 6.07 Å². The first-order chi connectivity index (χ1) is 6.77. The summed E-state index contributed by atoms with van der Waals surface area (Å²) in [4.78, 5) is 16.7. The van der Waals surface area contributed by atoms with E-state index in [4.69, 9.17) is 5.11 Å². The topological polar surface area (TPSA) is 53.4 Å². The molecule has 0 radical (unpaired) electrons. The monoisotopic (exact) mass is 192 g/mol. The van der Waals surface area contributed by atoms with Crippen molar-refractivity contribution in [3.8, 4) is 0 Å². The third kappa shape index (κ3) is 1.69. The minimum Gasteiger partial charge on any atom is -0.477 e. The molecule has 1 aromatic rings. The Balaban J connectivity index is 2.16. The van der Waals surface area contributed by atoms with Crippen molar-refractivity contribution >= 4 is 11.7 Å². The first kappa shape index (κ1) is 8.99. The Morgan fingerprint density at radius 2 is 2.07 bits per heavy atom. The molecule has 74 valence electrons. The standard InChI is InChI=1S/C10H12N2O2/c13-10(14)9-4-3-8(7-11-9)12-5-1-2-6-12/h3-4,7H,1-2,5-6H2,(H,13,14). The summed E-state index contributed by atoms with van der Waals surface area (Å²) in [6.45, 7) is 2.10. The van der Waals surface area contributed by atoms with Crippen LogP contribution in [0, 0.1) is 0 Å². The molecule has 4 nitrogen and oxygen atoms in total. The molecule has 0 amide bonds. The molecule has 0 unspecified atom stereocenters. The van der Waals surface area contributed by atoms with Crippen LogP contribution >= 0.6 is 0 Å². The Labute approximate surface area is 82.2 Å². The highest BCUT2D eigenvalue weighted by molar-refractivity contribution is 5.85. The molecule has 1 saturated heterocycles. The quantitative estimate of drug-likeness (QED) is 0.769. The number of aromatic carboxylic acids is 1. The van der Waals surface area contributed by atoms with Gasteiger partial charge in [0.25, 0.3) is 0 Å². The van der Waals surface area contributed by atoms with Crippen LogP contribution in [0.2, 0.25) is 0 Å². The Morgan fingerprint density at radius 1 is 1.36 bits per heavy atom. The zero-order valence-corrected chi connectivity index (χ0v) is 7.81. The Hall–Kier alpha value is -1.58. The number of carboxylic acid groups (broad SMARTS) is 1. The molecule has 0 atom stereocenters. The van der Waals surface area contributed by atoms with Gasteiger partial charge in [-0.15, -0.1) is 0 Å². The lowest BCUT2D eigenvalue weighted by molar-refractivity contribution is 0.0690. The van der Waals surface area contributed by atoms with Crippen LogP contribution in [0.4, 0.5) is 5.69 Å². The van der Waals surface area contributed by atoms with Crippen molar-refractivity contribution in [1.29, 1.82) is 0 Å². The fraction of sp³-hybridized carbons (Fsp3) is 0.400. The molecule has 0 aromatic carbocycles. The van der Waals surface area contributed by atoms with E-state index in [9.17, 15) is 4.79 Å². The van der Waals surface area contributed by atoms with Crippen LogP contribution in [0.25, 0.3) is 0 Å². The third-order valence-corrected chi connectivity index (χ3v) is 2.44. The van der Waals surface area contributed by atoms with Gasteiger partial charge in [-0.2, -0.15) is 0 Å². The van der Waals surface area contributed by atoms with E-state index in [2.05, 4.69) is 9.88 Å². The largest absolute Gasteiger partial charge is 0.477 e. The lowest BCUT2D eigenvalue weighted by atomic mass is 10.3. The second kappa shape index (κ2) is 3.65. The predicted molar refractivity (Wildman–Crippen MR) is 52.6 cm³/mol. The molecule has 0 aliphatic carbocycles. The maximum absolute atomic E-state index is 10.6. The van der Waals surface area contributed by atoms with E-state index in [1.54, 1.807) is 12.3 Å². The SMILES string of the molecule is O=C(O)c1ccc(N2CCCC2)cn1. The normalized spacial score (nSPS) is 15.9. The zero-order chi connectivity index (χ0) is 9.97. The van der Waals surface area contributed by atoms with Gasteiger partial charge in [-0.3, -0.25) is 0 Å². The van der Waals surface area contributed by atoms with Gasteiger partial charge in [0.05, 0.1) is 11.9 Å². The summed E-state index contributed by atoms with van der Waals surface area (Å²) in [6.07, 6.45) is 4.05. The molecule has 14 heavy (non-hydrogen) atoms. The molecule has 1 fully saturated rings. The molecule has 1 N–H and O–H groups in total. The van der Waals surface area contributed by atoms with Crippen LogP contribution in [-0.4, -0.2) is 29.1 Å². The van der Waals surface area contributed by atoms with Gasteiger partial charge in [-0.1, -0.05) is 0 Å². The first-order valence-corrected chi connectivity index (χ1v) is 4.71. The molecular formula is C10H12N2O2. The summed E-state index contributed by atoms with van der Waals surface area (Å²) in [5, 5.41) is 8.66. The van der Waals surface area contributed by atoms with Crippen LogP contribution in [0.15, 0.2) is 18.3 Å². The summed E-state index contributed by atoms with van der Waals surface area (Å²) in [5.74, 6) is -0.974. The summed E-state index contributed by atoms with van der Waals surface area (Å²) < 4.78 is 0. The summed E-state index contributed by atoms with van der Waals surface area (Å²) in [6, 6.07) is 3.37. The summed E-state index contributed by atoms with van der Waals surface area (Å²) in [7, 11) is 0. The lowest BCUT2D eigenvalue weighted by Crippen LogP contribution is -2.17. The maximum Gasteiger partial charge on any atom is 0.354 e. The molecule has 2 heterocycles. The predicted octanol–water partition coefficient (Wildman–Crippen LogP) is 1.38. The van der Waals surface area contributed by atoms with Crippen LogP contribution < -0.4 is 4.90 Å². The molecular weight excluding hydrogens is 180 g/mol. The van der Waals surface area contributed by atoms with Crippen molar-refractivity contribution in [2.24, 2.45) is 0 Å². The molecule has 1 aliphatic heterocycles. The van der Waals surface area contributed by atoms with Crippen LogP contribution in [0.5, 0.6) is 0 Å². The van der Waals surface area contributed by atoms with Crippen LogP contribution in [0.1, 0.15) is 23.3 Å². The zero-order valence-electron chi connectivity index (χ0n) is 7.81. The van der Waals surface area contributed by atoms with Gasteiger partial charge >= 0.3 is 5.97 Å². The number of rotatable bonds is 2. The number of nitrogens with zero attached hydrogens (tertiary/aromatic N) is 2. The minimum atomic E-state index is -0.974. The average Bonchev–Trinajstić information content (AvgIpc) is 2.71.